The second-order valence-electron chi connectivity index (χ2n) is 3.89. The smallest absolute Gasteiger partial charge is 0.0521 e. The van der Waals surface area contributed by atoms with Gasteiger partial charge in [-0.25, -0.2) is 0 Å². The average Bonchev–Trinajstić information content (AvgIpc) is 2.58. The normalized spacial score (nSPS) is 15.1. The number of nitrogens with zero attached hydrogens (tertiary/aromatic N) is 2. The predicted molar refractivity (Wildman–Crippen MR) is 63.1 cm³/mol. The molecule has 4 nitrogen and oxygen atoms in total. The van der Waals surface area contributed by atoms with Crippen molar-refractivity contribution in [3.8, 4) is 0 Å². The van der Waals surface area contributed by atoms with Crippen LogP contribution in [-0.4, -0.2) is 31.5 Å². The van der Waals surface area contributed by atoms with Gasteiger partial charge in [0.2, 0.25) is 0 Å². The van der Waals surface area contributed by atoms with Gasteiger partial charge in [-0.05, 0) is 25.3 Å². The van der Waals surface area contributed by atoms with E-state index in [2.05, 4.69) is 5.10 Å². The van der Waals surface area contributed by atoms with E-state index in [-0.39, 0.29) is 6.04 Å². The number of hydrogen-bond donors (Lipinski definition) is 1. The first kappa shape index (κ1) is 12.4. The maximum absolute atomic E-state index is 11.6. The summed E-state index contributed by atoms with van der Waals surface area (Å²) in [5.41, 5.74) is 6.75. The highest BCUT2D eigenvalue weighted by Crippen LogP contribution is 2.00. The van der Waals surface area contributed by atoms with Crippen molar-refractivity contribution in [1.29, 1.82) is 0 Å². The minimum atomic E-state index is -0.749. The summed E-state index contributed by atoms with van der Waals surface area (Å²) in [6.07, 6.45) is 5.45. The third-order valence-electron chi connectivity index (χ3n) is 2.18. The van der Waals surface area contributed by atoms with E-state index < -0.39 is 10.8 Å². The molecule has 1 aromatic heterocycles. The standard InChI is InChI=1S/C10H19N3OS/c1-9(11)3-5-15(14)6-4-10-7-12-13(2)8-10/h7-9H,3-6,11H2,1-2H3. The highest BCUT2D eigenvalue weighted by atomic mass is 32.2. The fourth-order valence-electron chi connectivity index (χ4n) is 1.25. The third kappa shape index (κ3) is 5.09. The molecule has 1 aromatic rings. The monoisotopic (exact) mass is 229 g/mol. The molecule has 86 valence electrons. The average molecular weight is 229 g/mol. The number of hydrogen-bond acceptors (Lipinski definition) is 3. The fraction of sp³-hybridized carbons (Fsp3) is 0.700. The van der Waals surface area contributed by atoms with Crippen LogP contribution >= 0.6 is 0 Å². The van der Waals surface area contributed by atoms with Gasteiger partial charge in [0.25, 0.3) is 0 Å². The van der Waals surface area contributed by atoms with Crippen LogP contribution in [0.2, 0.25) is 0 Å². The zero-order chi connectivity index (χ0) is 11.3. The molecule has 0 aliphatic carbocycles. The Morgan fingerprint density at radius 3 is 2.87 bits per heavy atom. The molecule has 2 atom stereocenters. The molecule has 0 aromatic carbocycles. The molecule has 0 aliphatic rings. The fourth-order valence-corrected chi connectivity index (χ4v) is 2.55. The molecule has 1 heterocycles. The lowest BCUT2D eigenvalue weighted by atomic mass is 10.3. The lowest BCUT2D eigenvalue weighted by Gasteiger charge is -2.04. The van der Waals surface area contributed by atoms with E-state index >= 15 is 0 Å². The Bertz CT molecular complexity index is 322. The molecule has 2 N–H and O–H groups in total. The van der Waals surface area contributed by atoms with Crippen molar-refractivity contribution in [3.63, 3.8) is 0 Å². The van der Waals surface area contributed by atoms with E-state index in [0.717, 1.165) is 18.4 Å². The molecule has 2 unspecified atom stereocenters. The Morgan fingerprint density at radius 1 is 1.60 bits per heavy atom. The highest BCUT2D eigenvalue weighted by molar-refractivity contribution is 7.84. The highest BCUT2D eigenvalue weighted by Gasteiger charge is 2.03. The molecule has 0 aliphatic heterocycles. The Kier molecular flexibility index (Phi) is 4.98. The van der Waals surface area contributed by atoms with E-state index in [1.807, 2.05) is 26.4 Å². The second-order valence-corrected chi connectivity index (χ2v) is 5.58. The van der Waals surface area contributed by atoms with Crippen LogP contribution in [0.25, 0.3) is 0 Å². The molecule has 0 saturated heterocycles. The summed E-state index contributed by atoms with van der Waals surface area (Å²) in [5.74, 6) is 1.41. The predicted octanol–water partition coefficient (Wildman–Crippen LogP) is 0.449. The SMILES string of the molecule is CC(N)CCS(=O)CCc1cnn(C)c1. The van der Waals surface area contributed by atoms with Crippen LogP contribution in [0, 0.1) is 0 Å². The van der Waals surface area contributed by atoms with Crippen LogP contribution in [0.3, 0.4) is 0 Å². The van der Waals surface area contributed by atoms with Gasteiger partial charge in [-0.1, -0.05) is 0 Å². The second kappa shape index (κ2) is 6.02. The van der Waals surface area contributed by atoms with Crippen LogP contribution in [-0.2, 0) is 24.3 Å². The summed E-state index contributed by atoms with van der Waals surface area (Å²) in [4.78, 5) is 0. The van der Waals surface area contributed by atoms with Crippen LogP contribution in [0.4, 0.5) is 0 Å². The molecule has 0 radical (unpaired) electrons. The largest absolute Gasteiger partial charge is 0.328 e. The van der Waals surface area contributed by atoms with Crippen molar-refractivity contribution in [3.05, 3.63) is 18.0 Å². The van der Waals surface area contributed by atoms with Crippen LogP contribution in [0.1, 0.15) is 18.9 Å². The molecule has 1 rings (SSSR count). The maximum atomic E-state index is 11.6. The van der Waals surface area contributed by atoms with E-state index in [0.29, 0.717) is 11.5 Å². The van der Waals surface area contributed by atoms with Crippen molar-refractivity contribution < 1.29 is 4.21 Å². The number of rotatable bonds is 6. The van der Waals surface area contributed by atoms with Gasteiger partial charge in [0.15, 0.2) is 0 Å². The molecule has 0 saturated carbocycles. The quantitative estimate of drug-likeness (QED) is 0.770. The minimum Gasteiger partial charge on any atom is -0.328 e. The van der Waals surface area contributed by atoms with Gasteiger partial charge in [0.1, 0.15) is 0 Å². The van der Waals surface area contributed by atoms with Gasteiger partial charge in [0.05, 0.1) is 6.20 Å². The first-order valence-electron chi connectivity index (χ1n) is 5.16. The summed E-state index contributed by atoms with van der Waals surface area (Å²) in [6, 6.07) is 0.146. The first-order valence-corrected chi connectivity index (χ1v) is 6.65. The zero-order valence-corrected chi connectivity index (χ0v) is 10.2. The summed E-state index contributed by atoms with van der Waals surface area (Å²) in [5, 5.41) is 4.07. The van der Waals surface area contributed by atoms with Crippen LogP contribution in [0.15, 0.2) is 12.4 Å². The third-order valence-corrected chi connectivity index (χ3v) is 3.53. The Balaban J connectivity index is 2.22. The number of aromatic nitrogens is 2. The van der Waals surface area contributed by atoms with Crippen molar-refractivity contribution in [2.75, 3.05) is 11.5 Å². The molecular formula is C10H19N3OS. The van der Waals surface area contributed by atoms with Crippen LogP contribution < -0.4 is 5.73 Å². The summed E-state index contributed by atoms with van der Waals surface area (Å²) < 4.78 is 13.3. The van der Waals surface area contributed by atoms with E-state index in [1.54, 1.807) is 4.68 Å². The molecule has 0 spiro atoms. The Hall–Kier alpha value is -0.680. The minimum absolute atomic E-state index is 0.146. The lowest BCUT2D eigenvalue weighted by molar-refractivity contribution is 0.667. The summed E-state index contributed by atoms with van der Waals surface area (Å²) >= 11 is 0. The molecule has 15 heavy (non-hydrogen) atoms. The van der Waals surface area contributed by atoms with Gasteiger partial charge in [0, 0.05) is 41.6 Å². The Labute approximate surface area is 93.3 Å². The van der Waals surface area contributed by atoms with Gasteiger partial charge >= 0.3 is 0 Å². The maximum Gasteiger partial charge on any atom is 0.0521 e. The van der Waals surface area contributed by atoms with Gasteiger partial charge in [-0.15, -0.1) is 0 Å². The molecule has 0 bridgehead atoms. The van der Waals surface area contributed by atoms with Gasteiger partial charge in [-0.3, -0.25) is 8.89 Å². The lowest BCUT2D eigenvalue weighted by Crippen LogP contribution is -2.19. The van der Waals surface area contributed by atoms with Gasteiger partial charge in [-0.2, -0.15) is 5.10 Å². The molecule has 0 fully saturated rings. The topological polar surface area (TPSA) is 60.9 Å². The zero-order valence-electron chi connectivity index (χ0n) is 9.35. The number of aryl methyl sites for hydroxylation is 2. The van der Waals surface area contributed by atoms with Crippen molar-refractivity contribution >= 4 is 10.8 Å². The van der Waals surface area contributed by atoms with Crippen molar-refractivity contribution in [1.82, 2.24) is 9.78 Å². The summed E-state index contributed by atoms with van der Waals surface area (Å²) in [6.45, 7) is 1.94. The van der Waals surface area contributed by atoms with Crippen molar-refractivity contribution in [2.24, 2.45) is 12.8 Å². The van der Waals surface area contributed by atoms with E-state index in [1.165, 1.54) is 0 Å². The van der Waals surface area contributed by atoms with Crippen molar-refractivity contribution in [2.45, 2.75) is 25.8 Å². The first-order chi connectivity index (χ1) is 7.08. The summed E-state index contributed by atoms with van der Waals surface area (Å²) in [7, 11) is 1.14. The van der Waals surface area contributed by atoms with Crippen LogP contribution in [0.5, 0.6) is 0 Å². The number of nitrogens with two attached hydrogens (primary N) is 1. The van der Waals surface area contributed by atoms with E-state index in [9.17, 15) is 4.21 Å². The molecule has 5 heteroatoms. The van der Waals surface area contributed by atoms with Gasteiger partial charge < -0.3 is 5.73 Å². The molecular weight excluding hydrogens is 210 g/mol. The van der Waals surface area contributed by atoms with E-state index in [4.69, 9.17) is 5.73 Å². The Morgan fingerprint density at radius 2 is 2.33 bits per heavy atom. The molecule has 0 amide bonds.